The van der Waals surface area contributed by atoms with Crippen LogP contribution in [-0.4, -0.2) is 26.4 Å². The van der Waals surface area contributed by atoms with Gasteiger partial charge in [-0.05, 0) is 43.2 Å². The number of rotatable bonds is 4. The molecule has 1 aromatic heterocycles. The molecule has 0 aliphatic carbocycles. The van der Waals surface area contributed by atoms with Crippen LogP contribution in [0.25, 0.3) is 0 Å². The Bertz CT molecular complexity index is 758. The van der Waals surface area contributed by atoms with Crippen molar-refractivity contribution < 1.29 is 17.6 Å². The van der Waals surface area contributed by atoms with Crippen molar-refractivity contribution >= 4 is 21.6 Å². The SMILES string of the molecule is COc1ccc(S(=O)(=O)N2CCC[C@@H]2c2ccco2)cc1Cl. The summed E-state index contributed by atoms with van der Waals surface area (Å²) in [7, 11) is -2.14. The lowest BCUT2D eigenvalue weighted by Gasteiger charge is -2.22. The normalized spacial score (nSPS) is 19.5. The molecule has 118 valence electrons. The molecule has 2 heterocycles. The number of furan rings is 1. The zero-order valence-electron chi connectivity index (χ0n) is 12.0. The Kier molecular flexibility index (Phi) is 4.16. The van der Waals surface area contributed by atoms with Crippen LogP contribution in [0, 0.1) is 0 Å². The van der Waals surface area contributed by atoms with Gasteiger partial charge >= 0.3 is 0 Å². The average molecular weight is 342 g/mol. The van der Waals surface area contributed by atoms with E-state index in [-0.39, 0.29) is 16.0 Å². The molecule has 5 nitrogen and oxygen atoms in total. The first kappa shape index (κ1) is 15.4. The van der Waals surface area contributed by atoms with Crippen LogP contribution in [0.15, 0.2) is 45.9 Å². The van der Waals surface area contributed by atoms with Crippen molar-refractivity contribution in [1.82, 2.24) is 4.31 Å². The molecule has 1 aliphatic rings. The summed E-state index contributed by atoms with van der Waals surface area (Å²) in [5.74, 6) is 1.12. The number of sulfonamides is 1. The molecule has 0 bridgehead atoms. The lowest BCUT2D eigenvalue weighted by atomic mass is 10.2. The molecular formula is C15H16ClNO4S. The summed E-state index contributed by atoms with van der Waals surface area (Å²) in [6.45, 7) is 0.470. The Morgan fingerprint density at radius 3 is 2.82 bits per heavy atom. The standard InChI is InChI=1S/C15H16ClNO4S/c1-20-14-7-6-11(10-12(14)16)22(18,19)17-8-2-4-13(17)15-5-3-9-21-15/h3,5-7,9-10,13H,2,4,8H2,1H3/t13-/m1/s1. The third-order valence-corrected chi connectivity index (χ3v) is 6.00. The third-order valence-electron chi connectivity index (χ3n) is 3.81. The zero-order valence-corrected chi connectivity index (χ0v) is 13.6. The summed E-state index contributed by atoms with van der Waals surface area (Å²) >= 11 is 6.05. The number of ether oxygens (including phenoxy) is 1. The van der Waals surface area contributed by atoms with Gasteiger partial charge in [-0.2, -0.15) is 4.31 Å². The van der Waals surface area contributed by atoms with Crippen LogP contribution in [0.2, 0.25) is 5.02 Å². The molecule has 0 radical (unpaired) electrons. The predicted molar refractivity (Wildman–Crippen MR) is 82.6 cm³/mol. The fourth-order valence-electron chi connectivity index (χ4n) is 2.74. The molecule has 0 spiro atoms. The minimum absolute atomic E-state index is 0.164. The van der Waals surface area contributed by atoms with Gasteiger partial charge < -0.3 is 9.15 Å². The second kappa shape index (κ2) is 5.95. The maximum atomic E-state index is 12.9. The van der Waals surface area contributed by atoms with Crippen molar-refractivity contribution in [3.63, 3.8) is 0 Å². The van der Waals surface area contributed by atoms with E-state index in [1.807, 2.05) is 0 Å². The molecule has 0 unspecified atom stereocenters. The number of hydrogen-bond donors (Lipinski definition) is 0. The van der Waals surface area contributed by atoms with Crippen LogP contribution < -0.4 is 4.74 Å². The fraction of sp³-hybridized carbons (Fsp3) is 0.333. The molecule has 1 saturated heterocycles. The van der Waals surface area contributed by atoms with Crippen LogP contribution >= 0.6 is 11.6 Å². The summed E-state index contributed by atoms with van der Waals surface area (Å²) in [4.78, 5) is 0.164. The van der Waals surface area contributed by atoms with E-state index in [0.717, 1.165) is 12.8 Å². The highest BCUT2D eigenvalue weighted by Crippen LogP contribution is 2.38. The van der Waals surface area contributed by atoms with Crippen molar-refractivity contribution in [3.8, 4) is 5.75 Å². The molecule has 1 aromatic carbocycles. The smallest absolute Gasteiger partial charge is 0.243 e. The third kappa shape index (κ3) is 2.62. The van der Waals surface area contributed by atoms with E-state index in [0.29, 0.717) is 18.1 Å². The lowest BCUT2D eigenvalue weighted by molar-refractivity contribution is 0.339. The molecule has 7 heteroatoms. The van der Waals surface area contributed by atoms with Gasteiger partial charge in [0.2, 0.25) is 10.0 Å². The Hall–Kier alpha value is -1.50. The maximum Gasteiger partial charge on any atom is 0.243 e. The van der Waals surface area contributed by atoms with E-state index in [4.69, 9.17) is 20.8 Å². The Morgan fingerprint density at radius 2 is 2.18 bits per heavy atom. The van der Waals surface area contributed by atoms with E-state index >= 15 is 0 Å². The Labute approximate surface area is 134 Å². The number of hydrogen-bond acceptors (Lipinski definition) is 4. The highest BCUT2D eigenvalue weighted by atomic mass is 35.5. The van der Waals surface area contributed by atoms with Gasteiger partial charge in [0, 0.05) is 6.54 Å². The van der Waals surface area contributed by atoms with Gasteiger partial charge in [0.15, 0.2) is 0 Å². The van der Waals surface area contributed by atoms with E-state index in [2.05, 4.69) is 0 Å². The number of methoxy groups -OCH3 is 1. The van der Waals surface area contributed by atoms with Crippen molar-refractivity contribution in [3.05, 3.63) is 47.4 Å². The summed E-state index contributed by atoms with van der Waals surface area (Å²) < 4.78 is 37.7. The number of halogens is 1. The van der Waals surface area contributed by atoms with E-state index in [9.17, 15) is 8.42 Å². The number of nitrogens with zero attached hydrogens (tertiary/aromatic N) is 1. The monoisotopic (exact) mass is 341 g/mol. The molecule has 0 amide bonds. The van der Waals surface area contributed by atoms with Gasteiger partial charge in [-0.25, -0.2) is 8.42 Å². The van der Waals surface area contributed by atoms with Gasteiger partial charge in [-0.15, -0.1) is 0 Å². The minimum atomic E-state index is -3.63. The molecule has 1 atom stereocenters. The van der Waals surface area contributed by atoms with Crippen molar-refractivity contribution in [1.29, 1.82) is 0 Å². The van der Waals surface area contributed by atoms with E-state index in [1.54, 1.807) is 24.5 Å². The van der Waals surface area contributed by atoms with Gasteiger partial charge in [0.25, 0.3) is 0 Å². The molecular weight excluding hydrogens is 326 g/mol. The van der Waals surface area contributed by atoms with Gasteiger partial charge in [0.05, 0.1) is 29.3 Å². The summed E-state index contributed by atoms with van der Waals surface area (Å²) in [6, 6.07) is 7.81. The van der Waals surface area contributed by atoms with E-state index in [1.165, 1.54) is 23.5 Å². The number of benzene rings is 1. The molecule has 0 N–H and O–H groups in total. The topological polar surface area (TPSA) is 59.8 Å². The minimum Gasteiger partial charge on any atom is -0.495 e. The van der Waals surface area contributed by atoms with Crippen LogP contribution in [0.4, 0.5) is 0 Å². The fourth-order valence-corrected chi connectivity index (χ4v) is 4.75. The first-order valence-corrected chi connectivity index (χ1v) is 8.74. The van der Waals surface area contributed by atoms with Crippen LogP contribution in [-0.2, 0) is 10.0 Å². The zero-order chi connectivity index (χ0) is 15.7. The van der Waals surface area contributed by atoms with Crippen LogP contribution in [0.5, 0.6) is 5.75 Å². The maximum absolute atomic E-state index is 12.9. The first-order chi connectivity index (χ1) is 10.5. The summed E-state index contributed by atoms with van der Waals surface area (Å²) in [6.07, 6.45) is 3.10. The van der Waals surface area contributed by atoms with E-state index < -0.39 is 10.0 Å². The van der Waals surface area contributed by atoms with Gasteiger partial charge in [0.1, 0.15) is 11.5 Å². The summed E-state index contributed by atoms with van der Waals surface area (Å²) in [5, 5.41) is 0.275. The predicted octanol–water partition coefficient (Wildman–Crippen LogP) is 3.47. The van der Waals surface area contributed by atoms with Gasteiger partial charge in [-0.3, -0.25) is 0 Å². The van der Waals surface area contributed by atoms with Crippen LogP contribution in [0.1, 0.15) is 24.6 Å². The summed E-state index contributed by atoms with van der Waals surface area (Å²) in [5.41, 5.74) is 0. The second-order valence-electron chi connectivity index (χ2n) is 5.09. The lowest BCUT2D eigenvalue weighted by Crippen LogP contribution is -2.30. The molecule has 3 rings (SSSR count). The quantitative estimate of drug-likeness (QED) is 0.854. The van der Waals surface area contributed by atoms with Crippen LogP contribution in [0.3, 0.4) is 0 Å². The Morgan fingerprint density at radius 1 is 1.36 bits per heavy atom. The van der Waals surface area contributed by atoms with Crippen molar-refractivity contribution in [2.24, 2.45) is 0 Å². The average Bonchev–Trinajstić information content (AvgIpc) is 3.17. The molecule has 2 aromatic rings. The first-order valence-electron chi connectivity index (χ1n) is 6.93. The molecule has 0 saturated carbocycles. The molecule has 1 aliphatic heterocycles. The second-order valence-corrected chi connectivity index (χ2v) is 7.38. The molecule has 1 fully saturated rings. The Balaban J connectivity index is 1.97. The highest BCUT2D eigenvalue weighted by molar-refractivity contribution is 7.89. The highest BCUT2D eigenvalue weighted by Gasteiger charge is 2.37. The van der Waals surface area contributed by atoms with Crippen molar-refractivity contribution in [2.45, 2.75) is 23.8 Å². The molecule has 22 heavy (non-hydrogen) atoms. The van der Waals surface area contributed by atoms with Crippen molar-refractivity contribution in [2.75, 3.05) is 13.7 Å². The largest absolute Gasteiger partial charge is 0.495 e. The van der Waals surface area contributed by atoms with Gasteiger partial charge in [-0.1, -0.05) is 11.6 Å².